The van der Waals surface area contributed by atoms with Crippen molar-refractivity contribution in [2.45, 2.75) is 25.0 Å². The van der Waals surface area contributed by atoms with Gasteiger partial charge < -0.3 is 19.6 Å². The van der Waals surface area contributed by atoms with Crippen molar-refractivity contribution in [1.29, 1.82) is 0 Å². The van der Waals surface area contributed by atoms with Gasteiger partial charge in [-0.1, -0.05) is 0 Å². The van der Waals surface area contributed by atoms with Gasteiger partial charge in [0.2, 0.25) is 0 Å². The van der Waals surface area contributed by atoms with E-state index in [1.807, 2.05) is 6.26 Å². The Morgan fingerprint density at radius 2 is 2.21 bits per heavy atom. The van der Waals surface area contributed by atoms with Gasteiger partial charge in [-0.25, -0.2) is 9.59 Å². The van der Waals surface area contributed by atoms with Crippen molar-refractivity contribution in [2.24, 2.45) is 0 Å². The molecule has 1 N–H and O–H groups in total. The van der Waals surface area contributed by atoms with E-state index in [4.69, 9.17) is 4.74 Å². The van der Waals surface area contributed by atoms with Crippen LogP contribution in [0.25, 0.3) is 0 Å². The fraction of sp³-hybridized carbons (Fsp3) is 0.833. The van der Waals surface area contributed by atoms with Crippen molar-refractivity contribution in [2.75, 3.05) is 39.3 Å². The second-order valence-corrected chi connectivity index (χ2v) is 5.64. The van der Waals surface area contributed by atoms with Crippen molar-refractivity contribution < 1.29 is 19.4 Å². The van der Waals surface area contributed by atoms with Crippen LogP contribution in [0.4, 0.5) is 4.79 Å². The average Bonchev–Trinajstić information content (AvgIpc) is 2.82. The molecular weight excluding hydrogens is 268 g/mol. The summed E-state index contributed by atoms with van der Waals surface area (Å²) in [5.41, 5.74) is 0. The predicted molar refractivity (Wildman–Crippen MR) is 74.6 cm³/mol. The Bertz CT molecular complexity index is 327. The lowest BCUT2D eigenvalue weighted by Gasteiger charge is -2.27. The van der Waals surface area contributed by atoms with Gasteiger partial charge in [-0.3, -0.25) is 0 Å². The first-order chi connectivity index (χ1) is 9.01. The molecular formula is C12H22N2O4S. The molecule has 110 valence electrons. The summed E-state index contributed by atoms with van der Waals surface area (Å²) in [6.45, 7) is 0.985. The molecule has 0 spiro atoms. The quantitative estimate of drug-likeness (QED) is 0.738. The summed E-state index contributed by atoms with van der Waals surface area (Å²) in [6.07, 6.45) is 3.09. The fourth-order valence-corrected chi connectivity index (χ4v) is 2.59. The maximum absolute atomic E-state index is 12.2. The molecule has 0 saturated carbocycles. The number of nitrogens with zero attached hydrogens (tertiary/aromatic N) is 2. The Kier molecular flexibility index (Phi) is 6.44. The molecule has 0 aliphatic carbocycles. The maximum Gasteiger partial charge on any atom is 0.326 e. The molecule has 6 nitrogen and oxygen atoms in total. The summed E-state index contributed by atoms with van der Waals surface area (Å²) >= 11 is 1.73. The van der Waals surface area contributed by atoms with E-state index in [9.17, 15) is 14.7 Å². The fourth-order valence-electron chi connectivity index (χ4n) is 2.17. The first-order valence-corrected chi connectivity index (χ1v) is 7.67. The van der Waals surface area contributed by atoms with Gasteiger partial charge in [0.05, 0.1) is 6.10 Å². The minimum absolute atomic E-state index is 0.190. The van der Waals surface area contributed by atoms with Gasteiger partial charge in [0.15, 0.2) is 0 Å². The molecule has 7 heteroatoms. The third-order valence-electron chi connectivity index (χ3n) is 3.30. The van der Waals surface area contributed by atoms with E-state index < -0.39 is 12.0 Å². The number of rotatable bonds is 6. The van der Waals surface area contributed by atoms with E-state index in [0.29, 0.717) is 19.5 Å². The van der Waals surface area contributed by atoms with Crippen molar-refractivity contribution in [1.82, 2.24) is 9.80 Å². The summed E-state index contributed by atoms with van der Waals surface area (Å²) in [5.74, 6) is 0.0196. The molecule has 2 amide bonds. The maximum atomic E-state index is 12.2. The van der Waals surface area contributed by atoms with Crippen LogP contribution in [0.15, 0.2) is 0 Å². The lowest BCUT2D eigenvalue weighted by Crippen LogP contribution is -2.47. The van der Waals surface area contributed by atoms with E-state index in [-0.39, 0.29) is 12.1 Å². The SMILES string of the molecule is COC1CC(C(=O)O)N(C(=O)N(C)CCCSC)C1. The highest BCUT2D eigenvalue weighted by molar-refractivity contribution is 7.98. The van der Waals surface area contributed by atoms with Crippen LogP contribution in [0.3, 0.4) is 0 Å². The molecule has 1 aliphatic rings. The Labute approximate surface area is 118 Å². The Balaban J connectivity index is 2.60. The van der Waals surface area contributed by atoms with Gasteiger partial charge >= 0.3 is 12.0 Å². The lowest BCUT2D eigenvalue weighted by atomic mass is 10.2. The van der Waals surface area contributed by atoms with E-state index in [1.165, 1.54) is 4.90 Å². The van der Waals surface area contributed by atoms with Crippen molar-refractivity contribution in [3.8, 4) is 0 Å². The molecule has 1 heterocycles. The summed E-state index contributed by atoms with van der Waals surface area (Å²) < 4.78 is 5.17. The number of amides is 2. The number of aliphatic carboxylic acids is 1. The van der Waals surface area contributed by atoms with Crippen molar-refractivity contribution >= 4 is 23.8 Å². The number of likely N-dealkylation sites (tertiary alicyclic amines) is 1. The second-order valence-electron chi connectivity index (χ2n) is 4.65. The van der Waals surface area contributed by atoms with Gasteiger partial charge in [-0.05, 0) is 18.4 Å². The number of carboxylic acids is 1. The highest BCUT2D eigenvalue weighted by Crippen LogP contribution is 2.21. The number of methoxy groups -OCH3 is 1. The third-order valence-corrected chi connectivity index (χ3v) is 3.99. The van der Waals surface area contributed by atoms with Gasteiger partial charge in [-0.2, -0.15) is 11.8 Å². The molecule has 1 saturated heterocycles. The summed E-state index contributed by atoms with van der Waals surface area (Å²) in [5, 5.41) is 9.17. The smallest absolute Gasteiger partial charge is 0.326 e. The van der Waals surface area contributed by atoms with Crippen LogP contribution in [0.5, 0.6) is 0 Å². The highest BCUT2D eigenvalue weighted by Gasteiger charge is 2.40. The summed E-state index contributed by atoms with van der Waals surface area (Å²) in [4.78, 5) is 26.4. The molecule has 1 aliphatic heterocycles. The van der Waals surface area contributed by atoms with Crippen molar-refractivity contribution in [3.05, 3.63) is 0 Å². The lowest BCUT2D eigenvalue weighted by molar-refractivity contribution is -0.141. The molecule has 0 aromatic carbocycles. The van der Waals surface area contributed by atoms with Gasteiger partial charge in [-0.15, -0.1) is 0 Å². The zero-order valence-corrected chi connectivity index (χ0v) is 12.5. The van der Waals surface area contributed by atoms with Crippen LogP contribution < -0.4 is 0 Å². The van der Waals surface area contributed by atoms with E-state index in [1.54, 1.807) is 30.8 Å². The Morgan fingerprint density at radius 1 is 1.53 bits per heavy atom. The van der Waals surface area contributed by atoms with Crippen LogP contribution in [0.1, 0.15) is 12.8 Å². The summed E-state index contributed by atoms with van der Waals surface area (Å²) in [7, 11) is 3.25. The first kappa shape index (κ1) is 16.1. The number of carbonyl (C=O) groups is 2. The highest BCUT2D eigenvalue weighted by atomic mass is 32.2. The Morgan fingerprint density at radius 3 is 2.74 bits per heavy atom. The normalized spacial score (nSPS) is 22.6. The van der Waals surface area contributed by atoms with Crippen LogP contribution >= 0.6 is 11.8 Å². The zero-order valence-electron chi connectivity index (χ0n) is 11.7. The third kappa shape index (κ3) is 4.28. The van der Waals surface area contributed by atoms with Crippen LogP contribution in [0.2, 0.25) is 0 Å². The molecule has 0 radical (unpaired) electrons. The minimum atomic E-state index is -0.967. The monoisotopic (exact) mass is 290 g/mol. The number of carboxylic acid groups (broad SMARTS) is 1. The topological polar surface area (TPSA) is 70.1 Å². The standard InChI is InChI=1S/C12H22N2O4S/c1-13(5-4-6-19-3)12(17)14-8-9(18-2)7-10(14)11(15)16/h9-10H,4-8H2,1-3H3,(H,15,16). The number of urea groups is 1. The predicted octanol–water partition coefficient (Wildman–Crippen LogP) is 0.965. The molecule has 0 aromatic rings. The molecule has 2 atom stereocenters. The first-order valence-electron chi connectivity index (χ1n) is 6.27. The second kappa shape index (κ2) is 7.59. The van der Waals surface area contributed by atoms with Crippen LogP contribution in [-0.4, -0.2) is 78.3 Å². The molecule has 1 rings (SSSR count). The number of hydrogen-bond donors (Lipinski definition) is 1. The molecule has 2 unspecified atom stereocenters. The van der Waals surface area contributed by atoms with E-state index in [2.05, 4.69) is 0 Å². The molecule has 0 bridgehead atoms. The number of hydrogen-bond acceptors (Lipinski definition) is 4. The molecule has 1 fully saturated rings. The number of ether oxygens (including phenoxy) is 1. The Hall–Kier alpha value is -0.950. The zero-order chi connectivity index (χ0) is 14.4. The van der Waals surface area contributed by atoms with Crippen molar-refractivity contribution in [3.63, 3.8) is 0 Å². The number of thioether (sulfide) groups is 1. The minimum Gasteiger partial charge on any atom is -0.480 e. The average molecular weight is 290 g/mol. The van der Waals surface area contributed by atoms with Crippen LogP contribution in [-0.2, 0) is 9.53 Å². The summed E-state index contributed by atoms with van der Waals surface area (Å²) in [6, 6.07) is -1.01. The van der Waals surface area contributed by atoms with Gasteiger partial charge in [0.1, 0.15) is 6.04 Å². The molecule has 0 aromatic heterocycles. The largest absolute Gasteiger partial charge is 0.480 e. The number of carbonyl (C=O) groups excluding carboxylic acids is 1. The van der Waals surface area contributed by atoms with Gasteiger partial charge in [0, 0.05) is 33.7 Å². The van der Waals surface area contributed by atoms with E-state index in [0.717, 1.165) is 12.2 Å². The van der Waals surface area contributed by atoms with E-state index >= 15 is 0 Å². The molecule has 19 heavy (non-hydrogen) atoms. The van der Waals surface area contributed by atoms with Gasteiger partial charge in [0.25, 0.3) is 0 Å². The van der Waals surface area contributed by atoms with Crippen LogP contribution in [0, 0.1) is 0 Å².